The highest BCUT2D eigenvalue weighted by atomic mass is 16.5. The quantitative estimate of drug-likeness (QED) is 0.698. The van der Waals surface area contributed by atoms with Gasteiger partial charge in [0.1, 0.15) is 5.75 Å². The number of hydrogen-bond acceptors (Lipinski definition) is 5. The van der Waals surface area contributed by atoms with E-state index in [2.05, 4.69) is 17.3 Å². The topological polar surface area (TPSA) is 53.7 Å². The monoisotopic (exact) mass is 325 g/mol. The highest BCUT2D eigenvalue weighted by Crippen LogP contribution is 2.44. The lowest BCUT2D eigenvalue weighted by atomic mass is 10.0. The molecule has 2 aromatic carbocycles. The highest BCUT2D eigenvalue weighted by molar-refractivity contribution is 5.84. The van der Waals surface area contributed by atoms with Crippen molar-refractivity contribution in [3.63, 3.8) is 0 Å². The molecule has 0 radical (unpaired) electrons. The summed E-state index contributed by atoms with van der Waals surface area (Å²) in [6, 6.07) is 11.8. The Balaban J connectivity index is 2.20. The molecule has 124 valence electrons. The molecule has 3 aromatic rings. The predicted octanol–water partition coefficient (Wildman–Crippen LogP) is 4.34. The molecular formula is C19H19NO4. The first-order chi connectivity index (χ1) is 11.7. The van der Waals surface area contributed by atoms with Gasteiger partial charge >= 0.3 is 0 Å². The van der Waals surface area contributed by atoms with Crippen molar-refractivity contribution in [1.29, 1.82) is 0 Å². The molecule has 24 heavy (non-hydrogen) atoms. The van der Waals surface area contributed by atoms with Crippen LogP contribution in [0.2, 0.25) is 0 Å². The van der Waals surface area contributed by atoms with Crippen LogP contribution in [0.5, 0.6) is 17.2 Å². The number of methoxy groups -OCH3 is 3. The molecule has 0 N–H and O–H groups in total. The Morgan fingerprint density at radius 1 is 0.875 bits per heavy atom. The van der Waals surface area contributed by atoms with Crippen molar-refractivity contribution in [2.24, 2.45) is 0 Å². The largest absolute Gasteiger partial charge is 0.497 e. The molecule has 3 rings (SSSR count). The summed E-state index contributed by atoms with van der Waals surface area (Å²) in [6.45, 7) is 2.05. The number of hydrogen-bond donors (Lipinski definition) is 0. The fourth-order valence-corrected chi connectivity index (χ4v) is 2.60. The molecule has 1 aromatic heterocycles. The van der Waals surface area contributed by atoms with Crippen molar-refractivity contribution < 1.29 is 18.7 Å². The average molecular weight is 325 g/mol. The summed E-state index contributed by atoms with van der Waals surface area (Å²) in [5.74, 6) is 2.39. The maximum Gasteiger partial charge on any atom is 0.178 e. The third-order valence-corrected chi connectivity index (χ3v) is 3.87. The molecule has 0 aliphatic rings. The van der Waals surface area contributed by atoms with Gasteiger partial charge in [-0.1, -0.05) is 35.0 Å². The maximum absolute atomic E-state index is 5.54. The van der Waals surface area contributed by atoms with Gasteiger partial charge in [0.2, 0.25) is 0 Å². The molecule has 0 saturated heterocycles. The highest BCUT2D eigenvalue weighted by Gasteiger charge is 2.21. The Bertz CT molecular complexity index is 837. The Kier molecular flexibility index (Phi) is 4.42. The van der Waals surface area contributed by atoms with Gasteiger partial charge in [0.15, 0.2) is 17.3 Å². The van der Waals surface area contributed by atoms with Crippen LogP contribution in [-0.2, 0) is 0 Å². The Labute approximate surface area is 140 Å². The molecule has 0 fully saturated rings. The van der Waals surface area contributed by atoms with Crippen molar-refractivity contribution in [1.82, 2.24) is 5.16 Å². The molecule has 1 heterocycles. The van der Waals surface area contributed by atoms with Gasteiger partial charge in [0.05, 0.1) is 33.1 Å². The van der Waals surface area contributed by atoms with Crippen LogP contribution < -0.4 is 14.2 Å². The zero-order chi connectivity index (χ0) is 17.1. The first-order valence-electron chi connectivity index (χ1n) is 7.50. The second-order valence-corrected chi connectivity index (χ2v) is 5.35. The summed E-state index contributed by atoms with van der Waals surface area (Å²) in [6.07, 6.45) is 1.70. The van der Waals surface area contributed by atoms with E-state index in [4.69, 9.17) is 18.7 Å². The van der Waals surface area contributed by atoms with Crippen LogP contribution in [0, 0.1) is 6.92 Å². The molecule has 0 unspecified atom stereocenters. The summed E-state index contributed by atoms with van der Waals surface area (Å²) >= 11 is 0. The first-order valence-corrected chi connectivity index (χ1v) is 7.50. The maximum atomic E-state index is 5.54. The third kappa shape index (κ3) is 2.80. The molecule has 0 spiro atoms. The summed E-state index contributed by atoms with van der Waals surface area (Å²) in [5, 5.41) is 3.97. The van der Waals surface area contributed by atoms with Gasteiger partial charge in [-0.2, -0.15) is 0 Å². The van der Waals surface area contributed by atoms with Gasteiger partial charge < -0.3 is 18.7 Å². The smallest absolute Gasteiger partial charge is 0.178 e. The lowest BCUT2D eigenvalue weighted by Gasteiger charge is -2.14. The Morgan fingerprint density at radius 3 is 2.25 bits per heavy atom. The Hall–Kier alpha value is -2.95. The molecule has 0 atom stereocenters. The number of rotatable bonds is 5. The molecule has 0 saturated carbocycles. The summed E-state index contributed by atoms with van der Waals surface area (Å²) in [5.41, 5.74) is 3.81. The van der Waals surface area contributed by atoms with E-state index in [0.717, 1.165) is 16.7 Å². The van der Waals surface area contributed by atoms with E-state index in [9.17, 15) is 0 Å². The van der Waals surface area contributed by atoms with E-state index in [-0.39, 0.29) is 0 Å². The van der Waals surface area contributed by atoms with E-state index in [1.807, 2.05) is 25.1 Å². The lowest BCUT2D eigenvalue weighted by Crippen LogP contribution is -1.95. The predicted molar refractivity (Wildman–Crippen MR) is 91.8 cm³/mol. The SMILES string of the molecule is COc1cc(OC)c(OC)c(-c2oncc2-c2ccc(C)cc2)c1. The second-order valence-electron chi connectivity index (χ2n) is 5.35. The number of benzene rings is 2. The zero-order valence-corrected chi connectivity index (χ0v) is 14.1. The number of ether oxygens (including phenoxy) is 3. The van der Waals surface area contributed by atoms with E-state index in [0.29, 0.717) is 23.0 Å². The minimum atomic E-state index is 0.568. The molecule has 0 amide bonds. The summed E-state index contributed by atoms with van der Waals surface area (Å²) < 4.78 is 21.8. The van der Waals surface area contributed by atoms with Crippen LogP contribution >= 0.6 is 0 Å². The molecule has 5 heteroatoms. The van der Waals surface area contributed by atoms with Crippen molar-refractivity contribution in [3.8, 4) is 39.7 Å². The minimum Gasteiger partial charge on any atom is -0.497 e. The second kappa shape index (κ2) is 6.66. The molecule has 5 nitrogen and oxygen atoms in total. The van der Waals surface area contributed by atoms with Crippen molar-refractivity contribution >= 4 is 0 Å². The van der Waals surface area contributed by atoms with Crippen LogP contribution in [0.1, 0.15) is 5.56 Å². The standard InChI is InChI=1S/C19H19NO4/c1-12-5-7-13(8-6-12)16-11-20-24-18(16)15-9-14(21-2)10-17(22-3)19(15)23-4/h5-11H,1-4H3. The van der Waals surface area contributed by atoms with E-state index >= 15 is 0 Å². The van der Waals surface area contributed by atoms with Gasteiger partial charge in [-0.3, -0.25) is 0 Å². The number of nitrogens with zero attached hydrogens (tertiary/aromatic N) is 1. The van der Waals surface area contributed by atoms with Crippen molar-refractivity contribution in [3.05, 3.63) is 48.2 Å². The summed E-state index contributed by atoms with van der Waals surface area (Å²) in [4.78, 5) is 0. The van der Waals surface area contributed by atoms with Crippen molar-refractivity contribution in [2.45, 2.75) is 6.92 Å². The molecular weight excluding hydrogens is 306 g/mol. The average Bonchev–Trinajstić information content (AvgIpc) is 3.10. The van der Waals surface area contributed by atoms with Gasteiger partial charge in [-0.05, 0) is 18.6 Å². The van der Waals surface area contributed by atoms with E-state index in [1.54, 1.807) is 33.6 Å². The van der Waals surface area contributed by atoms with E-state index < -0.39 is 0 Å². The first kappa shape index (κ1) is 15.9. The van der Waals surface area contributed by atoms with Crippen LogP contribution in [0.25, 0.3) is 22.5 Å². The van der Waals surface area contributed by atoms with Gasteiger partial charge in [0.25, 0.3) is 0 Å². The minimum absolute atomic E-state index is 0.568. The molecule has 0 aliphatic heterocycles. The van der Waals surface area contributed by atoms with E-state index in [1.165, 1.54) is 5.56 Å². The zero-order valence-electron chi connectivity index (χ0n) is 14.1. The van der Waals surface area contributed by atoms with Crippen LogP contribution in [0.4, 0.5) is 0 Å². The molecule has 0 bridgehead atoms. The third-order valence-electron chi connectivity index (χ3n) is 3.87. The lowest BCUT2D eigenvalue weighted by molar-refractivity contribution is 0.348. The van der Waals surface area contributed by atoms with Crippen LogP contribution in [-0.4, -0.2) is 26.5 Å². The van der Waals surface area contributed by atoms with Gasteiger partial charge in [-0.25, -0.2) is 0 Å². The fourth-order valence-electron chi connectivity index (χ4n) is 2.60. The normalized spacial score (nSPS) is 10.5. The summed E-state index contributed by atoms with van der Waals surface area (Å²) in [7, 11) is 4.78. The van der Waals surface area contributed by atoms with Crippen LogP contribution in [0.3, 0.4) is 0 Å². The van der Waals surface area contributed by atoms with Gasteiger partial charge in [0, 0.05) is 11.6 Å². The number of aryl methyl sites for hydroxylation is 1. The van der Waals surface area contributed by atoms with Gasteiger partial charge in [-0.15, -0.1) is 0 Å². The van der Waals surface area contributed by atoms with Crippen molar-refractivity contribution in [2.75, 3.05) is 21.3 Å². The fraction of sp³-hybridized carbons (Fsp3) is 0.211. The number of aromatic nitrogens is 1. The van der Waals surface area contributed by atoms with Crippen LogP contribution in [0.15, 0.2) is 47.1 Å². The molecule has 0 aliphatic carbocycles. The Morgan fingerprint density at radius 2 is 1.62 bits per heavy atom.